The van der Waals surface area contributed by atoms with E-state index in [4.69, 9.17) is 4.98 Å². The summed E-state index contributed by atoms with van der Waals surface area (Å²) in [6.45, 7) is 9.30. The molecule has 8 nitrogen and oxygen atoms in total. The van der Waals surface area contributed by atoms with E-state index in [1.165, 1.54) is 12.1 Å². The summed E-state index contributed by atoms with van der Waals surface area (Å²) in [4.78, 5) is 36.9. The first-order valence-corrected chi connectivity index (χ1v) is 11.5. The molecule has 0 bridgehead atoms. The predicted octanol–water partition coefficient (Wildman–Crippen LogP) is 2.56. The molecule has 1 saturated heterocycles. The largest absolute Gasteiger partial charge is 0.370 e. The standard InChI is InChI=1S/C23H31FN6O2/c1-3-5-13-30-21-20(22(31)26-23(30)32)29(4-2)19(25-21)16-27-11-6-12-28(15-14-27)18-9-7-17(24)8-10-18/h7-10H,3-6,11-16H2,1-2H3,(H,26,31,32). The number of aryl methyl sites for hydroxylation is 2. The number of unbranched alkanes of at least 4 members (excludes halogenated alkanes) is 1. The Morgan fingerprint density at radius 2 is 1.81 bits per heavy atom. The Labute approximate surface area is 186 Å². The molecule has 3 aromatic rings. The van der Waals surface area contributed by atoms with Crippen LogP contribution in [0.2, 0.25) is 0 Å². The lowest BCUT2D eigenvalue weighted by atomic mass is 10.2. The van der Waals surface area contributed by atoms with Crippen LogP contribution >= 0.6 is 0 Å². The average Bonchev–Trinajstić information content (AvgIpc) is 2.97. The normalized spacial score (nSPS) is 15.4. The van der Waals surface area contributed by atoms with Gasteiger partial charge >= 0.3 is 5.69 Å². The molecule has 1 aliphatic rings. The number of nitrogens with zero attached hydrogens (tertiary/aromatic N) is 5. The van der Waals surface area contributed by atoms with Gasteiger partial charge in [0.1, 0.15) is 11.6 Å². The van der Waals surface area contributed by atoms with E-state index in [1.807, 2.05) is 23.6 Å². The molecule has 1 fully saturated rings. The van der Waals surface area contributed by atoms with Crippen molar-refractivity contribution in [1.29, 1.82) is 0 Å². The molecule has 0 aliphatic carbocycles. The van der Waals surface area contributed by atoms with Crippen LogP contribution in [0.1, 0.15) is 38.9 Å². The Kier molecular flexibility index (Phi) is 6.74. The molecule has 0 atom stereocenters. The van der Waals surface area contributed by atoms with Gasteiger partial charge in [-0.25, -0.2) is 14.2 Å². The Hall–Kier alpha value is -2.94. The monoisotopic (exact) mass is 442 g/mol. The topological polar surface area (TPSA) is 79.2 Å². The number of hydrogen-bond acceptors (Lipinski definition) is 5. The molecule has 32 heavy (non-hydrogen) atoms. The van der Waals surface area contributed by atoms with Crippen LogP contribution in [0.3, 0.4) is 0 Å². The van der Waals surface area contributed by atoms with Crippen molar-refractivity contribution in [1.82, 2.24) is 24.0 Å². The van der Waals surface area contributed by atoms with Gasteiger partial charge in [-0.1, -0.05) is 13.3 Å². The number of nitrogens with one attached hydrogen (secondary N) is 1. The fourth-order valence-electron chi connectivity index (χ4n) is 4.44. The quantitative estimate of drug-likeness (QED) is 0.608. The van der Waals surface area contributed by atoms with Gasteiger partial charge in [-0.05, 0) is 44.0 Å². The van der Waals surface area contributed by atoms with Gasteiger partial charge in [0, 0.05) is 45.0 Å². The Morgan fingerprint density at radius 1 is 1.03 bits per heavy atom. The summed E-state index contributed by atoms with van der Waals surface area (Å²) in [6.07, 6.45) is 2.78. The molecule has 0 spiro atoms. The van der Waals surface area contributed by atoms with Crippen LogP contribution in [-0.4, -0.2) is 50.2 Å². The number of fused-ring (bicyclic) bond motifs is 1. The van der Waals surface area contributed by atoms with Crippen LogP contribution in [0.5, 0.6) is 0 Å². The minimum Gasteiger partial charge on any atom is -0.370 e. The van der Waals surface area contributed by atoms with E-state index in [1.54, 1.807) is 4.57 Å². The molecular formula is C23H31FN6O2. The zero-order chi connectivity index (χ0) is 22.7. The van der Waals surface area contributed by atoms with Crippen molar-refractivity contribution in [2.24, 2.45) is 0 Å². The first-order chi connectivity index (χ1) is 15.5. The van der Waals surface area contributed by atoms with E-state index in [-0.39, 0.29) is 11.4 Å². The second kappa shape index (κ2) is 9.68. The van der Waals surface area contributed by atoms with Gasteiger partial charge in [0.25, 0.3) is 5.56 Å². The maximum atomic E-state index is 13.3. The first-order valence-electron chi connectivity index (χ1n) is 11.5. The number of aromatic nitrogens is 4. The second-order valence-corrected chi connectivity index (χ2v) is 8.30. The minimum absolute atomic E-state index is 0.226. The number of H-pyrrole nitrogens is 1. The number of anilines is 1. The smallest absolute Gasteiger partial charge is 0.330 e. The fourth-order valence-corrected chi connectivity index (χ4v) is 4.44. The molecule has 3 heterocycles. The molecule has 0 unspecified atom stereocenters. The van der Waals surface area contributed by atoms with Crippen molar-refractivity contribution in [3.8, 4) is 0 Å². The molecule has 172 valence electrons. The third-order valence-corrected chi connectivity index (χ3v) is 6.16. The molecule has 0 amide bonds. The summed E-state index contributed by atoms with van der Waals surface area (Å²) in [5.41, 5.74) is 1.21. The number of halogens is 1. The van der Waals surface area contributed by atoms with Gasteiger partial charge in [0.05, 0.1) is 6.54 Å². The lowest BCUT2D eigenvalue weighted by Crippen LogP contribution is -2.31. The van der Waals surface area contributed by atoms with E-state index in [2.05, 4.69) is 21.7 Å². The van der Waals surface area contributed by atoms with E-state index in [9.17, 15) is 14.0 Å². The van der Waals surface area contributed by atoms with E-state index in [0.29, 0.717) is 30.8 Å². The molecule has 2 aromatic heterocycles. The zero-order valence-corrected chi connectivity index (χ0v) is 18.8. The van der Waals surface area contributed by atoms with Gasteiger partial charge in [-0.3, -0.25) is 19.2 Å². The summed E-state index contributed by atoms with van der Waals surface area (Å²) >= 11 is 0. The summed E-state index contributed by atoms with van der Waals surface area (Å²) in [6, 6.07) is 6.64. The van der Waals surface area contributed by atoms with Gasteiger partial charge in [-0.2, -0.15) is 0 Å². The number of aromatic amines is 1. The Morgan fingerprint density at radius 3 is 2.53 bits per heavy atom. The molecule has 0 radical (unpaired) electrons. The number of rotatable bonds is 7. The molecule has 0 saturated carbocycles. The van der Waals surface area contributed by atoms with Gasteiger partial charge in [0.2, 0.25) is 0 Å². The molecule has 1 N–H and O–H groups in total. The van der Waals surface area contributed by atoms with Crippen molar-refractivity contribution in [3.63, 3.8) is 0 Å². The van der Waals surface area contributed by atoms with E-state index < -0.39 is 5.69 Å². The summed E-state index contributed by atoms with van der Waals surface area (Å²) in [7, 11) is 0. The van der Waals surface area contributed by atoms with Crippen LogP contribution in [0.25, 0.3) is 11.2 Å². The Bertz CT molecular complexity index is 1180. The van der Waals surface area contributed by atoms with Crippen LogP contribution in [0.4, 0.5) is 10.1 Å². The number of hydrogen-bond donors (Lipinski definition) is 1. The van der Waals surface area contributed by atoms with Crippen molar-refractivity contribution in [3.05, 3.63) is 56.7 Å². The highest BCUT2D eigenvalue weighted by molar-refractivity contribution is 5.71. The van der Waals surface area contributed by atoms with Crippen LogP contribution in [-0.2, 0) is 19.6 Å². The van der Waals surface area contributed by atoms with E-state index in [0.717, 1.165) is 57.0 Å². The van der Waals surface area contributed by atoms with Crippen molar-refractivity contribution in [2.45, 2.75) is 52.7 Å². The maximum Gasteiger partial charge on any atom is 0.330 e. The lowest BCUT2D eigenvalue weighted by Gasteiger charge is -2.23. The molecule has 4 rings (SSSR count). The summed E-state index contributed by atoms with van der Waals surface area (Å²) in [5.74, 6) is 0.579. The summed E-state index contributed by atoms with van der Waals surface area (Å²) < 4.78 is 16.8. The first kappa shape index (κ1) is 22.3. The van der Waals surface area contributed by atoms with E-state index >= 15 is 0 Å². The lowest BCUT2D eigenvalue weighted by molar-refractivity contribution is 0.274. The predicted molar refractivity (Wildman–Crippen MR) is 124 cm³/mol. The van der Waals surface area contributed by atoms with Crippen molar-refractivity contribution < 1.29 is 4.39 Å². The number of imidazole rings is 1. The molecule has 1 aliphatic heterocycles. The maximum absolute atomic E-state index is 13.3. The highest BCUT2D eigenvalue weighted by Crippen LogP contribution is 2.19. The van der Waals surface area contributed by atoms with Gasteiger partial charge < -0.3 is 9.47 Å². The Balaban J connectivity index is 1.58. The zero-order valence-electron chi connectivity index (χ0n) is 18.8. The third-order valence-electron chi connectivity index (χ3n) is 6.16. The van der Waals surface area contributed by atoms with Crippen molar-refractivity contribution >= 4 is 16.9 Å². The van der Waals surface area contributed by atoms with Gasteiger partial charge in [0.15, 0.2) is 11.2 Å². The molecule has 9 heteroatoms. The SMILES string of the molecule is CCCCn1c(=O)[nH]c(=O)c2c1nc(CN1CCCN(c3ccc(F)cc3)CC1)n2CC. The highest BCUT2D eigenvalue weighted by Gasteiger charge is 2.21. The van der Waals surface area contributed by atoms with Crippen molar-refractivity contribution in [2.75, 3.05) is 31.1 Å². The fraction of sp³-hybridized carbons (Fsp3) is 0.522. The van der Waals surface area contributed by atoms with Crippen LogP contribution < -0.4 is 16.1 Å². The summed E-state index contributed by atoms with van der Waals surface area (Å²) in [5, 5.41) is 0. The minimum atomic E-state index is -0.395. The molecule has 1 aromatic carbocycles. The third kappa shape index (κ3) is 4.48. The molecular weight excluding hydrogens is 411 g/mol. The average molecular weight is 443 g/mol. The second-order valence-electron chi connectivity index (χ2n) is 8.30. The van der Waals surface area contributed by atoms with Gasteiger partial charge in [-0.15, -0.1) is 0 Å². The van der Waals surface area contributed by atoms with Crippen LogP contribution in [0.15, 0.2) is 33.9 Å². The number of benzene rings is 1. The highest BCUT2D eigenvalue weighted by atomic mass is 19.1. The van der Waals surface area contributed by atoms with Crippen LogP contribution in [0, 0.1) is 5.82 Å².